The Labute approximate surface area is 208 Å². The van der Waals surface area contributed by atoms with Crippen molar-refractivity contribution in [2.75, 3.05) is 30.2 Å². The fourth-order valence-electron chi connectivity index (χ4n) is 3.37. The Morgan fingerprint density at radius 1 is 1.06 bits per heavy atom. The normalized spacial score (nSPS) is 12.3. The zero-order valence-electron chi connectivity index (χ0n) is 20.4. The molecular weight excluding hydrogens is 474 g/mol. The summed E-state index contributed by atoms with van der Waals surface area (Å²) in [5.74, 6) is -0.485. The number of rotatable bonds is 11. The molecule has 0 saturated carbocycles. The monoisotopic (exact) mass is 507 g/mol. The van der Waals surface area contributed by atoms with Crippen LogP contribution in [0.3, 0.4) is 0 Å². The summed E-state index contributed by atoms with van der Waals surface area (Å²) in [6.07, 6.45) is 1.57. The number of nitrogens with one attached hydrogen (secondary N) is 1. The fraction of sp³-hybridized carbons (Fsp3) is 0.440. The summed E-state index contributed by atoms with van der Waals surface area (Å²) in [5, 5.41) is 3.27. The van der Waals surface area contributed by atoms with Crippen LogP contribution in [-0.2, 0) is 26.0 Å². The third-order valence-corrected chi connectivity index (χ3v) is 7.01. The van der Waals surface area contributed by atoms with Gasteiger partial charge in [0.1, 0.15) is 12.6 Å². The molecule has 1 atom stereocenters. The molecule has 34 heavy (non-hydrogen) atoms. The molecule has 7 nitrogen and oxygen atoms in total. The first-order chi connectivity index (χ1) is 15.9. The second-order valence-corrected chi connectivity index (χ2v) is 11.2. The molecule has 0 aliphatic rings. The van der Waals surface area contributed by atoms with Crippen molar-refractivity contribution in [3.63, 3.8) is 0 Å². The minimum Gasteiger partial charge on any atom is -0.354 e. The number of nitrogens with zero attached hydrogens (tertiary/aromatic N) is 2. The highest BCUT2D eigenvalue weighted by atomic mass is 35.5. The van der Waals surface area contributed by atoms with Crippen LogP contribution in [0.15, 0.2) is 48.5 Å². The SMILES string of the molecule is Cc1ccc(N(CC(=O)N(CCc2ccccc2)[C@@H](C)C(=O)NCC(C)C)S(C)(=O)=O)cc1Cl. The van der Waals surface area contributed by atoms with Gasteiger partial charge in [-0.05, 0) is 49.4 Å². The van der Waals surface area contributed by atoms with Gasteiger partial charge in [0.2, 0.25) is 21.8 Å². The molecule has 0 spiro atoms. The molecule has 2 aromatic carbocycles. The average Bonchev–Trinajstić information content (AvgIpc) is 2.77. The maximum atomic E-state index is 13.4. The van der Waals surface area contributed by atoms with Gasteiger partial charge < -0.3 is 10.2 Å². The van der Waals surface area contributed by atoms with Gasteiger partial charge in [0.25, 0.3) is 0 Å². The molecule has 0 bridgehead atoms. The van der Waals surface area contributed by atoms with Crippen molar-refractivity contribution in [1.82, 2.24) is 10.2 Å². The molecule has 2 aromatic rings. The molecule has 0 aliphatic heterocycles. The van der Waals surface area contributed by atoms with Crippen molar-refractivity contribution in [3.05, 3.63) is 64.7 Å². The van der Waals surface area contributed by atoms with Crippen LogP contribution >= 0.6 is 11.6 Å². The van der Waals surface area contributed by atoms with Gasteiger partial charge in [0.15, 0.2) is 0 Å². The first-order valence-corrected chi connectivity index (χ1v) is 13.5. The lowest BCUT2D eigenvalue weighted by Gasteiger charge is -2.31. The zero-order chi connectivity index (χ0) is 25.5. The molecule has 1 N–H and O–H groups in total. The van der Waals surface area contributed by atoms with E-state index in [0.29, 0.717) is 23.7 Å². The second kappa shape index (κ2) is 12.2. The Hall–Kier alpha value is -2.58. The van der Waals surface area contributed by atoms with Crippen LogP contribution in [0.4, 0.5) is 5.69 Å². The molecule has 0 unspecified atom stereocenters. The van der Waals surface area contributed by atoms with E-state index in [2.05, 4.69) is 5.32 Å². The topological polar surface area (TPSA) is 86.8 Å². The number of amides is 2. The number of hydrogen-bond acceptors (Lipinski definition) is 4. The van der Waals surface area contributed by atoms with E-state index in [1.54, 1.807) is 19.1 Å². The maximum absolute atomic E-state index is 13.4. The molecule has 0 aliphatic carbocycles. The van der Waals surface area contributed by atoms with E-state index < -0.39 is 28.5 Å². The number of sulfonamides is 1. The van der Waals surface area contributed by atoms with Crippen LogP contribution in [-0.4, -0.2) is 57.1 Å². The first kappa shape index (κ1) is 27.7. The van der Waals surface area contributed by atoms with Gasteiger partial charge >= 0.3 is 0 Å². The Bertz CT molecular complexity index is 1090. The summed E-state index contributed by atoms with van der Waals surface area (Å²) in [6, 6.07) is 13.7. The van der Waals surface area contributed by atoms with Gasteiger partial charge in [-0.25, -0.2) is 8.42 Å². The largest absolute Gasteiger partial charge is 0.354 e. The van der Waals surface area contributed by atoms with E-state index >= 15 is 0 Å². The third kappa shape index (κ3) is 8.02. The molecule has 9 heteroatoms. The van der Waals surface area contributed by atoms with Gasteiger partial charge in [-0.3, -0.25) is 13.9 Å². The van der Waals surface area contributed by atoms with Crippen molar-refractivity contribution in [2.24, 2.45) is 5.92 Å². The fourth-order valence-corrected chi connectivity index (χ4v) is 4.39. The minimum absolute atomic E-state index is 0.261. The zero-order valence-corrected chi connectivity index (χ0v) is 22.0. The summed E-state index contributed by atoms with van der Waals surface area (Å²) < 4.78 is 26.2. The van der Waals surface area contributed by atoms with E-state index in [1.165, 1.54) is 11.0 Å². The highest BCUT2D eigenvalue weighted by Gasteiger charge is 2.30. The number of carbonyl (C=O) groups is 2. The Morgan fingerprint density at radius 3 is 2.26 bits per heavy atom. The Balaban J connectivity index is 2.31. The molecule has 0 heterocycles. The van der Waals surface area contributed by atoms with Gasteiger partial charge in [-0.15, -0.1) is 0 Å². The summed E-state index contributed by atoms with van der Waals surface area (Å²) in [4.78, 5) is 27.7. The van der Waals surface area contributed by atoms with E-state index in [4.69, 9.17) is 11.6 Å². The molecule has 0 fully saturated rings. The Kier molecular flexibility index (Phi) is 9.94. The molecule has 0 aromatic heterocycles. The van der Waals surface area contributed by atoms with E-state index in [1.807, 2.05) is 51.1 Å². The lowest BCUT2D eigenvalue weighted by atomic mass is 10.1. The van der Waals surface area contributed by atoms with E-state index in [9.17, 15) is 18.0 Å². The predicted molar refractivity (Wildman–Crippen MR) is 138 cm³/mol. The Morgan fingerprint density at radius 2 is 1.71 bits per heavy atom. The van der Waals surface area contributed by atoms with Gasteiger partial charge in [0, 0.05) is 18.1 Å². The standard InChI is InChI=1S/C25H34ClN3O4S/c1-18(2)16-27-25(31)20(4)28(14-13-21-9-7-6-8-10-21)24(30)17-29(34(5,32)33)22-12-11-19(3)23(26)15-22/h6-12,15,18,20H,13-14,16-17H2,1-5H3,(H,27,31)/t20-/m0/s1. The number of carbonyl (C=O) groups excluding carboxylic acids is 2. The van der Waals surface area contributed by atoms with Crippen molar-refractivity contribution < 1.29 is 18.0 Å². The van der Waals surface area contributed by atoms with Crippen molar-refractivity contribution in [2.45, 2.75) is 40.2 Å². The van der Waals surface area contributed by atoms with Crippen LogP contribution in [0.1, 0.15) is 31.9 Å². The van der Waals surface area contributed by atoms with E-state index in [-0.39, 0.29) is 18.4 Å². The van der Waals surface area contributed by atoms with E-state index in [0.717, 1.165) is 21.7 Å². The van der Waals surface area contributed by atoms with Crippen LogP contribution in [0, 0.1) is 12.8 Å². The summed E-state index contributed by atoms with van der Waals surface area (Å²) in [7, 11) is -3.78. The summed E-state index contributed by atoms with van der Waals surface area (Å²) in [5.41, 5.74) is 2.11. The number of halogens is 1. The molecule has 2 rings (SSSR count). The quantitative estimate of drug-likeness (QED) is 0.503. The lowest BCUT2D eigenvalue weighted by molar-refractivity contribution is -0.138. The molecule has 2 amide bonds. The van der Waals surface area contributed by atoms with Crippen molar-refractivity contribution in [1.29, 1.82) is 0 Å². The average molecular weight is 508 g/mol. The maximum Gasteiger partial charge on any atom is 0.244 e. The number of anilines is 1. The highest BCUT2D eigenvalue weighted by molar-refractivity contribution is 7.92. The van der Waals surface area contributed by atoms with Crippen LogP contribution < -0.4 is 9.62 Å². The van der Waals surface area contributed by atoms with Crippen LogP contribution in [0.2, 0.25) is 5.02 Å². The van der Waals surface area contributed by atoms with Crippen molar-refractivity contribution in [3.8, 4) is 0 Å². The lowest BCUT2D eigenvalue weighted by Crippen LogP contribution is -2.52. The van der Waals surface area contributed by atoms with Gasteiger partial charge in [0.05, 0.1) is 11.9 Å². The molecular formula is C25H34ClN3O4S. The van der Waals surface area contributed by atoms with Crippen LogP contribution in [0.5, 0.6) is 0 Å². The van der Waals surface area contributed by atoms with Crippen LogP contribution in [0.25, 0.3) is 0 Å². The van der Waals surface area contributed by atoms with Crippen molar-refractivity contribution >= 4 is 39.1 Å². The number of hydrogen-bond donors (Lipinski definition) is 1. The minimum atomic E-state index is -3.78. The first-order valence-electron chi connectivity index (χ1n) is 11.2. The second-order valence-electron chi connectivity index (χ2n) is 8.84. The number of aryl methyl sites for hydroxylation is 1. The molecule has 0 saturated heterocycles. The predicted octanol–water partition coefficient (Wildman–Crippen LogP) is 3.65. The third-order valence-electron chi connectivity index (χ3n) is 5.46. The van der Waals surface area contributed by atoms with Gasteiger partial charge in [-0.1, -0.05) is 61.8 Å². The smallest absolute Gasteiger partial charge is 0.244 e. The molecule has 0 radical (unpaired) electrons. The summed E-state index contributed by atoms with van der Waals surface area (Å²) >= 11 is 6.21. The van der Waals surface area contributed by atoms with Gasteiger partial charge in [-0.2, -0.15) is 0 Å². The molecule has 186 valence electrons. The highest BCUT2D eigenvalue weighted by Crippen LogP contribution is 2.25. The summed E-state index contributed by atoms with van der Waals surface area (Å²) in [6.45, 7) is 7.76. The number of benzene rings is 2.